The number of hydrogen-bond donors (Lipinski definition) is 1. The van der Waals surface area contributed by atoms with E-state index >= 15 is 0 Å². The zero-order valence-corrected chi connectivity index (χ0v) is 16.2. The maximum Gasteiger partial charge on any atom is 0.257 e. The molecular formula is C24H24N2O3. The van der Waals surface area contributed by atoms with E-state index in [1.54, 1.807) is 11.0 Å². The summed E-state index contributed by atoms with van der Waals surface area (Å²) in [4.78, 5) is 27.3. The molecule has 1 atom stereocenters. The number of likely N-dealkylation sites (tertiary alicyclic amines) is 1. The van der Waals surface area contributed by atoms with Gasteiger partial charge in [-0.25, -0.2) is 0 Å². The zero-order valence-electron chi connectivity index (χ0n) is 16.2. The van der Waals surface area contributed by atoms with E-state index in [0.717, 1.165) is 30.5 Å². The van der Waals surface area contributed by atoms with E-state index in [9.17, 15) is 9.59 Å². The van der Waals surface area contributed by atoms with E-state index in [1.807, 2.05) is 42.5 Å². The Morgan fingerprint density at radius 3 is 2.62 bits per heavy atom. The van der Waals surface area contributed by atoms with Crippen LogP contribution in [0.2, 0.25) is 0 Å². The number of carbonyl (C=O) groups is 2. The number of piperidine rings is 1. The number of hydrogen-bond acceptors (Lipinski definition) is 3. The first-order chi connectivity index (χ1) is 14.2. The Bertz CT molecular complexity index is 967. The number of amides is 2. The Hall–Kier alpha value is -3.34. The highest BCUT2D eigenvalue weighted by atomic mass is 16.3. The van der Waals surface area contributed by atoms with Gasteiger partial charge in [-0.2, -0.15) is 0 Å². The lowest BCUT2D eigenvalue weighted by Gasteiger charge is -2.32. The highest BCUT2D eigenvalue weighted by molar-refractivity contribution is 5.96. The summed E-state index contributed by atoms with van der Waals surface area (Å²) >= 11 is 0. The molecule has 0 spiro atoms. The van der Waals surface area contributed by atoms with Crippen LogP contribution in [0.3, 0.4) is 0 Å². The normalized spacial score (nSPS) is 16.4. The largest absolute Gasteiger partial charge is 0.472 e. The molecule has 29 heavy (non-hydrogen) atoms. The maximum absolute atomic E-state index is 13.0. The zero-order chi connectivity index (χ0) is 20.1. The van der Waals surface area contributed by atoms with Crippen molar-refractivity contribution in [3.8, 4) is 0 Å². The van der Waals surface area contributed by atoms with Crippen LogP contribution in [0.5, 0.6) is 0 Å². The van der Waals surface area contributed by atoms with Crippen molar-refractivity contribution in [2.24, 2.45) is 5.92 Å². The molecule has 3 aromatic rings. The summed E-state index contributed by atoms with van der Waals surface area (Å²) in [5.74, 6) is -0.333. The van der Waals surface area contributed by atoms with E-state index < -0.39 is 0 Å². The number of carbonyl (C=O) groups excluding carboxylic acids is 2. The van der Waals surface area contributed by atoms with Gasteiger partial charge in [-0.3, -0.25) is 9.59 Å². The van der Waals surface area contributed by atoms with Crippen molar-refractivity contribution in [3.05, 3.63) is 89.9 Å². The fourth-order valence-electron chi connectivity index (χ4n) is 3.79. The SMILES string of the molecule is O=C(Nc1ccccc1Cc1ccccc1)C1CCCN(C(=O)c2ccoc2)C1. The number of benzene rings is 2. The van der Waals surface area contributed by atoms with Crippen molar-refractivity contribution in [1.82, 2.24) is 4.90 Å². The summed E-state index contributed by atoms with van der Waals surface area (Å²) in [5.41, 5.74) is 3.64. The Kier molecular flexibility index (Phi) is 5.75. The Morgan fingerprint density at radius 1 is 1.03 bits per heavy atom. The van der Waals surface area contributed by atoms with Crippen LogP contribution in [0.25, 0.3) is 0 Å². The molecule has 5 heteroatoms. The summed E-state index contributed by atoms with van der Waals surface area (Å²) in [6.07, 6.45) is 5.29. The lowest BCUT2D eigenvalue weighted by Crippen LogP contribution is -2.43. The summed E-state index contributed by atoms with van der Waals surface area (Å²) in [7, 11) is 0. The summed E-state index contributed by atoms with van der Waals surface area (Å²) in [5, 5.41) is 3.10. The topological polar surface area (TPSA) is 62.6 Å². The molecule has 4 rings (SSSR count). The molecule has 0 bridgehead atoms. The lowest BCUT2D eigenvalue weighted by atomic mass is 9.96. The van der Waals surface area contributed by atoms with Crippen molar-refractivity contribution in [1.29, 1.82) is 0 Å². The maximum atomic E-state index is 13.0. The summed E-state index contributed by atoms with van der Waals surface area (Å²) in [6.45, 7) is 1.09. The molecule has 0 radical (unpaired) electrons. The second-order valence-electron chi connectivity index (χ2n) is 7.41. The fraction of sp³-hybridized carbons (Fsp3) is 0.250. The van der Waals surface area contributed by atoms with Crippen LogP contribution in [0.4, 0.5) is 5.69 Å². The van der Waals surface area contributed by atoms with Crippen LogP contribution in [0.1, 0.15) is 34.3 Å². The second-order valence-corrected chi connectivity index (χ2v) is 7.41. The number of anilines is 1. The van der Waals surface area contributed by atoms with Gasteiger partial charge >= 0.3 is 0 Å². The average Bonchev–Trinajstić information content (AvgIpc) is 3.30. The first kappa shape index (κ1) is 19.0. The van der Waals surface area contributed by atoms with E-state index in [2.05, 4.69) is 17.4 Å². The van der Waals surface area contributed by atoms with Gasteiger partial charge in [0.2, 0.25) is 5.91 Å². The Labute approximate surface area is 170 Å². The van der Waals surface area contributed by atoms with Crippen LogP contribution >= 0.6 is 0 Å². The monoisotopic (exact) mass is 388 g/mol. The standard InChI is InChI=1S/C24H24N2O3/c27-23(20-10-6-13-26(16-20)24(28)21-12-14-29-17-21)25-22-11-5-4-9-19(22)15-18-7-2-1-3-8-18/h1-5,7-9,11-12,14,17,20H,6,10,13,15-16H2,(H,25,27). The minimum absolute atomic E-state index is 0.0322. The number of nitrogens with one attached hydrogen (secondary N) is 1. The predicted octanol–water partition coefficient (Wildman–Crippen LogP) is 4.36. The van der Waals surface area contributed by atoms with Crippen LogP contribution in [-0.4, -0.2) is 29.8 Å². The van der Waals surface area contributed by atoms with Gasteiger partial charge in [-0.05, 0) is 42.5 Å². The first-order valence-corrected chi connectivity index (χ1v) is 9.95. The van der Waals surface area contributed by atoms with Gasteiger partial charge in [0.15, 0.2) is 0 Å². The van der Waals surface area contributed by atoms with Crippen molar-refractivity contribution in [2.75, 3.05) is 18.4 Å². The van der Waals surface area contributed by atoms with Crippen LogP contribution < -0.4 is 5.32 Å². The molecule has 1 unspecified atom stereocenters. The molecule has 1 aliphatic rings. The van der Waals surface area contributed by atoms with Gasteiger partial charge in [-0.15, -0.1) is 0 Å². The molecular weight excluding hydrogens is 364 g/mol. The Morgan fingerprint density at radius 2 is 1.83 bits per heavy atom. The first-order valence-electron chi connectivity index (χ1n) is 9.95. The molecule has 1 aromatic heterocycles. The van der Waals surface area contributed by atoms with Gasteiger partial charge < -0.3 is 14.6 Å². The molecule has 2 amide bonds. The van der Waals surface area contributed by atoms with Crippen LogP contribution in [0.15, 0.2) is 77.6 Å². The number of para-hydroxylation sites is 1. The summed E-state index contributed by atoms with van der Waals surface area (Å²) in [6, 6.07) is 19.8. The molecule has 2 aromatic carbocycles. The highest BCUT2D eigenvalue weighted by Gasteiger charge is 2.29. The number of rotatable bonds is 5. The molecule has 1 fully saturated rings. The van der Waals surface area contributed by atoms with Crippen LogP contribution in [0, 0.1) is 5.92 Å². The van der Waals surface area contributed by atoms with Crippen LogP contribution in [-0.2, 0) is 11.2 Å². The van der Waals surface area contributed by atoms with Gasteiger partial charge in [0.05, 0.1) is 17.7 Å². The van der Waals surface area contributed by atoms with Gasteiger partial charge in [0, 0.05) is 18.8 Å². The predicted molar refractivity (Wildman–Crippen MR) is 112 cm³/mol. The van der Waals surface area contributed by atoms with E-state index in [0.29, 0.717) is 18.7 Å². The third-order valence-corrected chi connectivity index (χ3v) is 5.36. The number of furan rings is 1. The fourth-order valence-corrected chi connectivity index (χ4v) is 3.79. The quantitative estimate of drug-likeness (QED) is 0.706. The molecule has 1 saturated heterocycles. The van der Waals surface area contributed by atoms with E-state index in [4.69, 9.17) is 4.42 Å². The molecule has 1 aliphatic heterocycles. The van der Waals surface area contributed by atoms with Gasteiger partial charge in [0.25, 0.3) is 5.91 Å². The molecule has 148 valence electrons. The van der Waals surface area contributed by atoms with E-state index in [-0.39, 0.29) is 17.7 Å². The molecule has 0 aliphatic carbocycles. The average molecular weight is 388 g/mol. The third-order valence-electron chi connectivity index (χ3n) is 5.36. The van der Waals surface area contributed by atoms with Crippen molar-refractivity contribution < 1.29 is 14.0 Å². The molecule has 5 nitrogen and oxygen atoms in total. The summed E-state index contributed by atoms with van der Waals surface area (Å²) < 4.78 is 5.01. The van der Waals surface area contributed by atoms with Crippen molar-refractivity contribution in [3.63, 3.8) is 0 Å². The number of nitrogens with zero attached hydrogens (tertiary/aromatic N) is 1. The molecule has 2 heterocycles. The third kappa shape index (κ3) is 4.57. The van der Waals surface area contributed by atoms with E-state index in [1.165, 1.54) is 18.1 Å². The Balaban J connectivity index is 1.43. The lowest BCUT2D eigenvalue weighted by molar-refractivity contribution is -0.121. The van der Waals surface area contributed by atoms with Gasteiger partial charge in [-0.1, -0.05) is 48.5 Å². The minimum Gasteiger partial charge on any atom is -0.472 e. The second kappa shape index (κ2) is 8.78. The van der Waals surface area contributed by atoms with Crippen molar-refractivity contribution in [2.45, 2.75) is 19.3 Å². The minimum atomic E-state index is -0.218. The highest BCUT2D eigenvalue weighted by Crippen LogP contribution is 2.23. The van der Waals surface area contributed by atoms with Gasteiger partial charge in [0.1, 0.15) is 6.26 Å². The smallest absolute Gasteiger partial charge is 0.257 e. The van der Waals surface area contributed by atoms with Crippen molar-refractivity contribution >= 4 is 17.5 Å². The molecule has 1 N–H and O–H groups in total. The molecule has 0 saturated carbocycles.